The van der Waals surface area contributed by atoms with Gasteiger partial charge >= 0.3 is 0 Å². The van der Waals surface area contributed by atoms with Crippen molar-refractivity contribution in [3.63, 3.8) is 0 Å². The van der Waals surface area contributed by atoms with Crippen LogP contribution in [0.1, 0.15) is 51.9 Å². The third-order valence-electron chi connectivity index (χ3n) is 5.01. The highest BCUT2D eigenvalue weighted by atomic mass is 16.2. The van der Waals surface area contributed by atoms with Gasteiger partial charge in [-0.3, -0.25) is 4.79 Å². The van der Waals surface area contributed by atoms with E-state index in [1.54, 1.807) is 0 Å². The van der Waals surface area contributed by atoms with E-state index >= 15 is 0 Å². The standard InChI is InChI=1S/C13H22N2O/c1-2-13(6-3-7-13)15-12(16)10-8-9-4-5-11(10)14-9/h9-11,14H,2-8H2,1H3,(H,15,16). The monoisotopic (exact) mass is 222 g/mol. The second-order valence-corrected chi connectivity index (χ2v) is 5.87. The first-order chi connectivity index (χ1) is 7.72. The largest absolute Gasteiger partial charge is 0.350 e. The highest BCUT2D eigenvalue weighted by Crippen LogP contribution is 2.37. The molecular weight excluding hydrogens is 200 g/mol. The summed E-state index contributed by atoms with van der Waals surface area (Å²) >= 11 is 0. The number of carbonyl (C=O) groups excluding carboxylic acids is 1. The Balaban J connectivity index is 1.61. The van der Waals surface area contributed by atoms with E-state index in [2.05, 4.69) is 17.6 Å². The molecule has 3 unspecified atom stereocenters. The summed E-state index contributed by atoms with van der Waals surface area (Å²) in [6, 6.07) is 1.10. The maximum Gasteiger partial charge on any atom is 0.225 e. The van der Waals surface area contributed by atoms with Crippen LogP contribution in [0.2, 0.25) is 0 Å². The number of fused-ring (bicyclic) bond motifs is 2. The third-order valence-corrected chi connectivity index (χ3v) is 5.01. The first-order valence-corrected chi connectivity index (χ1v) is 6.80. The highest BCUT2D eigenvalue weighted by molar-refractivity contribution is 5.81. The first-order valence-electron chi connectivity index (χ1n) is 6.80. The van der Waals surface area contributed by atoms with E-state index in [9.17, 15) is 4.79 Å². The van der Waals surface area contributed by atoms with Crippen LogP contribution in [-0.2, 0) is 4.79 Å². The molecule has 0 aromatic rings. The number of carbonyl (C=O) groups is 1. The quantitative estimate of drug-likeness (QED) is 0.761. The zero-order valence-corrected chi connectivity index (χ0v) is 10.1. The molecular formula is C13H22N2O. The Morgan fingerprint density at radius 2 is 2.25 bits per heavy atom. The van der Waals surface area contributed by atoms with Gasteiger partial charge in [-0.1, -0.05) is 6.92 Å². The van der Waals surface area contributed by atoms with E-state index in [0.29, 0.717) is 18.0 Å². The molecule has 16 heavy (non-hydrogen) atoms. The lowest BCUT2D eigenvalue weighted by atomic mass is 9.74. The number of rotatable bonds is 3. The Morgan fingerprint density at radius 1 is 1.44 bits per heavy atom. The summed E-state index contributed by atoms with van der Waals surface area (Å²) in [5, 5.41) is 6.87. The molecule has 0 aromatic carbocycles. The van der Waals surface area contributed by atoms with Crippen LogP contribution in [0.4, 0.5) is 0 Å². The van der Waals surface area contributed by atoms with Gasteiger partial charge in [-0.2, -0.15) is 0 Å². The Bertz CT molecular complexity index is 293. The molecule has 2 aliphatic heterocycles. The van der Waals surface area contributed by atoms with Crippen LogP contribution < -0.4 is 10.6 Å². The second-order valence-electron chi connectivity index (χ2n) is 5.87. The molecule has 3 aliphatic rings. The lowest BCUT2D eigenvalue weighted by Gasteiger charge is -2.43. The predicted octanol–water partition coefficient (Wildman–Crippen LogP) is 1.58. The summed E-state index contributed by atoms with van der Waals surface area (Å²) in [5.74, 6) is 0.573. The van der Waals surface area contributed by atoms with Crippen molar-refractivity contribution < 1.29 is 4.79 Å². The zero-order chi connectivity index (χ0) is 11.2. The molecule has 3 rings (SSSR count). The van der Waals surface area contributed by atoms with Crippen LogP contribution >= 0.6 is 0 Å². The fraction of sp³-hybridized carbons (Fsp3) is 0.923. The number of hydrogen-bond donors (Lipinski definition) is 2. The van der Waals surface area contributed by atoms with Gasteiger partial charge in [0.25, 0.3) is 0 Å². The van der Waals surface area contributed by atoms with Gasteiger partial charge < -0.3 is 10.6 Å². The van der Waals surface area contributed by atoms with Crippen LogP contribution in [-0.4, -0.2) is 23.5 Å². The molecule has 2 heterocycles. The normalized spacial score (nSPS) is 39.4. The Labute approximate surface area is 97.4 Å². The van der Waals surface area contributed by atoms with Crippen molar-refractivity contribution in [2.24, 2.45) is 5.92 Å². The highest BCUT2D eigenvalue weighted by Gasteiger charge is 2.45. The predicted molar refractivity (Wildman–Crippen MR) is 63.1 cm³/mol. The first kappa shape index (κ1) is 10.6. The number of hydrogen-bond acceptors (Lipinski definition) is 2. The fourth-order valence-corrected chi connectivity index (χ4v) is 3.64. The Hall–Kier alpha value is -0.570. The topological polar surface area (TPSA) is 41.1 Å². The van der Waals surface area contributed by atoms with Gasteiger partial charge in [0.2, 0.25) is 5.91 Å². The Morgan fingerprint density at radius 3 is 2.69 bits per heavy atom. The summed E-state index contributed by atoms with van der Waals surface area (Å²) in [5.41, 5.74) is 0.166. The average molecular weight is 222 g/mol. The molecule has 3 nitrogen and oxygen atoms in total. The van der Waals surface area contributed by atoms with Crippen molar-refractivity contribution in [2.45, 2.75) is 69.5 Å². The lowest BCUT2D eigenvalue weighted by Crippen LogP contribution is -2.55. The minimum atomic E-state index is 0.166. The van der Waals surface area contributed by atoms with E-state index < -0.39 is 0 Å². The molecule has 1 saturated carbocycles. The zero-order valence-electron chi connectivity index (χ0n) is 10.1. The van der Waals surface area contributed by atoms with Gasteiger partial charge in [0.1, 0.15) is 0 Å². The molecule has 1 aliphatic carbocycles. The summed E-state index contributed by atoms with van der Waals surface area (Å²) < 4.78 is 0. The van der Waals surface area contributed by atoms with Gasteiger partial charge in [0, 0.05) is 17.6 Å². The summed E-state index contributed by atoms with van der Waals surface area (Å²) in [6.07, 6.45) is 8.27. The van der Waals surface area contributed by atoms with Gasteiger partial charge in [-0.05, 0) is 44.9 Å². The molecule has 0 spiro atoms. The van der Waals surface area contributed by atoms with Crippen molar-refractivity contribution in [2.75, 3.05) is 0 Å². The molecule has 3 atom stereocenters. The van der Waals surface area contributed by atoms with Gasteiger partial charge in [-0.15, -0.1) is 0 Å². The van der Waals surface area contributed by atoms with E-state index in [-0.39, 0.29) is 11.5 Å². The van der Waals surface area contributed by atoms with Gasteiger partial charge in [0.05, 0.1) is 5.92 Å². The maximum atomic E-state index is 12.3. The molecule has 0 aromatic heterocycles. The fourth-order valence-electron chi connectivity index (χ4n) is 3.64. The van der Waals surface area contributed by atoms with Crippen LogP contribution in [0.3, 0.4) is 0 Å². The minimum absolute atomic E-state index is 0.166. The molecule has 2 bridgehead atoms. The van der Waals surface area contributed by atoms with Gasteiger partial charge in [-0.25, -0.2) is 0 Å². The summed E-state index contributed by atoms with van der Waals surface area (Å²) in [7, 11) is 0. The van der Waals surface area contributed by atoms with Crippen LogP contribution in [0, 0.1) is 5.92 Å². The van der Waals surface area contributed by atoms with Crippen molar-refractivity contribution in [1.82, 2.24) is 10.6 Å². The van der Waals surface area contributed by atoms with Crippen LogP contribution in [0.5, 0.6) is 0 Å². The van der Waals surface area contributed by atoms with Crippen molar-refractivity contribution in [3.05, 3.63) is 0 Å². The molecule has 0 radical (unpaired) electrons. The maximum absolute atomic E-state index is 12.3. The van der Waals surface area contributed by atoms with E-state index in [0.717, 1.165) is 12.8 Å². The third kappa shape index (κ3) is 1.56. The van der Waals surface area contributed by atoms with E-state index in [1.165, 1.54) is 32.1 Å². The second kappa shape index (κ2) is 3.73. The molecule has 1 amide bonds. The summed E-state index contributed by atoms with van der Waals surface area (Å²) in [4.78, 5) is 12.3. The molecule has 2 saturated heterocycles. The molecule has 3 heteroatoms. The van der Waals surface area contributed by atoms with Crippen molar-refractivity contribution >= 4 is 5.91 Å². The van der Waals surface area contributed by atoms with E-state index in [4.69, 9.17) is 0 Å². The van der Waals surface area contributed by atoms with Crippen LogP contribution in [0.15, 0.2) is 0 Å². The molecule has 3 fully saturated rings. The van der Waals surface area contributed by atoms with E-state index in [1.807, 2.05) is 0 Å². The molecule has 90 valence electrons. The lowest BCUT2D eigenvalue weighted by molar-refractivity contribution is -0.128. The van der Waals surface area contributed by atoms with Crippen LogP contribution in [0.25, 0.3) is 0 Å². The minimum Gasteiger partial charge on any atom is -0.350 e. The number of nitrogens with one attached hydrogen (secondary N) is 2. The van der Waals surface area contributed by atoms with Crippen molar-refractivity contribution in [3.8, 4) is 0 Å². The SMILES string of the molecule is CCC1(NC(=O)C2CC3CCC2N3)CCC1. The molecule has 2 N–H and O–H groups in total. The van der Waals surface area contributed by atoms with Gasteiger partial charge in [0.15, 0.2) is 0 Å². The average Bonchev–Trinajstić information content (AvgIpc) is 2.84. The van der Waals surface area contributed by atoms with Crippen molar-refractivity contribution in [1.29, 1.82) is 0 Å². The summed E-state index contributed by atoms with van der Waals surface area (Å²) in [6.45, 7) is 2.19. The Kier molecular flexibility index (Phi) is 2.46. The smallest absolute Gasteiger partial charge is 0.225 e. The number of amides is 1.